The first-order valence-corrected chi connectivity index (χ1v) is 6.25. The number of carboxylic acid groups (broad SMARTS) is 1. The number of terminal acetylenes is 1. The molecule has 1 fully saturated rings. The van der Waals surface area contributed by atoms with Gasteiger partial charge in [-0.1, -0.05) is 19.8 Å². The van der Waals surface area contributed by atoms with Crippen molar-refractivity contribution in [1.82, 2.24) is 10.2 Å². The zero-order valence-electron chi connectivity index (χ0n) is 10.8. The Kier molecular flexibility index (Phi) is 5.02. The lowest BCUT2D eigenvalue weighted by Gasteiger charge is -2.36. The van der Waals surface area contributed by atoms with Crippen LogP contribution in [0.4, 0.5) is 4.79 Å². The van der Waals surface area contributed by atoms with Crippen LogP contribution in [0, 0.1) is 18.3 Å². The Morgan fingerprint density at radius 1 is 1.61 bits per heavy atom. The van der Waals surface area contributed by atoms with E-state index in [0.717, 1.165) is 6.42 Å². The minimum Gasteiger partial charge on any atom is -0.480 e. The van der Waals surface area contributed by atoms with E-state index in [1.54, 1.807) is 0 Å². The molecule has 0 saturated carbocycles. The number of carbonyl (C=O) groups is 2. The predicted octanol–water partition coefficient (Wildman–Crippen LogP) is 1.29. The molecule has 1 saturated heterocycles. The number of amides is 2. The zero-order valence-corrected chi connectivity index (χ0v) is 10.8. The summed E-state index contributed by atoms with van der Waals surface area (Å²) in [4.78, 5) is 24.6. The maximum atomic E-state index is 12.0. The van der Waals surface area contributed by atoms with Gasteiger partial charge in [-0.25, -0.2) is 9.59 Å². The summed E-state index contributed by atoms with van der Waals surface area (Å²) >= 11 is 0. The number of piperidine rings is 1. The highest BCUT2D eigenvalue weighted by atomic mass is 16.4. The van der Waals surface area contributed by atoms with Crippen LogP contribution >= 0.6 is 0 Å². The molecule has 0 aliphatic carbocycles. The standard InChI is InChI=1S/C13H20N2O3/c1-4-10(5-2)14-13(18)15-7-6-9(3)8-11(15)12(16)17/h1,9-11H,5-8H2,2-3H3,(H,14,18)(H,16,17). The number of hydrogen-bond donors (Lipinski definition) is 2. The lowest BCUT2D eigenvalue weighted by Crippen LogP contribution is -2.54. The third kappa shape index (κ3) is 3.39. The number of aliphatic carboxylic acids is 1. The Morgan fingerprint density at radius 3 is 2.78 bits per heavy atom. The molecule has 2 amide bonds. The monoisotopic (exact) mass is 252 g/mol. The molecule has 0 bridgehead atoms. The summed E-state index contributed by atoms with van der Waals surface area (Å²) in [6.45, 7) is 4.34. The van der Waals surface area contributed by atoms with E-state index < -0.39 is 12.0 Å². The molecule has 2 N–H and O–H groups in total. The first-order chi connectivity index (χ1) is 8.49. The lowest BCUT2D eigenvalue weighted by atomic mass is 9.93. The minimum atomic E-state index is -0.953. The molecular weight excluding hydrogens is 232 g/mol. The normalized spacial score (nSPS) is 25.1. The third-order valence-electron chi connectivity index (χ3n) is 3.32. The average Bonchev–Trinajstić information content (AvgIpc) is 2.35. The van der Waals surface area contributed by atoms with Crippen LogP contribution in [-0.4, -0.2) is 40.6 Å². The van der Waals surface area contributed by atoms with Gasteiger partial charge in [-0.15, -0.1) is 6.42 Å². The summed E-state index contributed by atoms with van der Waals surface area (Å²) in [6, 6.07) is -1.46. The summed E-state index contributed by atoms with van der Waals surface area (Å²) in [5.74, 6) is 1.84. The molecule has 18 heavy (non-hydrogen) atoms. The SMILES string of the molecule is C#CC(CC)NC(=O)N1CCC(C)CC1C(=O)O. The van der Waals surface area contributed by atoms with Crippen LogP contribution in [0.3, 0.4) is 0 Å². The van der Waals surface area contributed by atoms with Crippen LogP contribution in [0.2, 0.25) is 0 Å². The molecule has 0 radical (unpaired) electrons. The van der Waals surface area contributed by atoms with Crippen LogP contribution < -0.4 is 5.32 Å². The molecule has 1 rings (SSSR count). The van der Waals surface area contributed by atoms with Crippen LogP contribution in [-0.2, 0) is 4.79 Å². The van der Waals surface area contributed by atoms with E-state index in [0.29, 0.717) is 25.3 Å². The molecule has 0 aromatic rings. The van der Waals surface area contributed by atoms with Crippen LogP contribution in [0.25, 0.3) is 0 Å². The number of hydrogen-bond acceptors (Lipinski definition) is 2. The van der Waals surface area contributed by atoms with Crippen molar-refractivity contribution in [1.29, 1.82) is 0 Å². The van der Waals surface area contributed by atoms with Gasteiger partial charge in [0.25, 0.3) is 0 Å². The zero-order chi connectivity index (χ0) is 13.7. The highest BCUT2D eigenvalue weighted by molar-refractivity contribution is 5.83. The van der Waals surface area contributed by atoms with Gasteiger partial charge in [-0.05, 0) is 25.2 Å². The van der Waals surface area contributed by atoms with E-state index in [1.807, 2.05) is 13.8 Å². The molecule has 5 nitrogen and oxygen atoms in total. The Morgan fingerprint density at radius 2 is 2.28 bits per heavy atom. The third-order valence-corrected chi connectivity index (χ3v) is 3.32. The molecule has 1 heterocycles. The van der Waals surface area contributed by atoms with E-state index in [9.17, 15) is 9.59 Å². The quantitative estimate of drug-likeness (QED) is 0.744. The van der Waals surface area contributed by atoms with E-state index in [4.69, 9.17) is 11.5 Å². The van der Waals surface area contributed by atoms with Crippen molar-refractivity contribution in [3.63, 3.8) is 0 Å². The number of likely N-dealkylation sites (tertiary alicyclic amines) is 1. The van der Waals surface area contributed by atoms with E-state index >= 15 is 0 Å². The molecule has 3 atom stereocenters. The Labute approximate surface area is 108 Å². The van der Waals surface area contributed by atoms with Crippen LogP contribution in [0.5, 0.6) is 0 Å². The lowest BCUT2D eigenvalue weighted by molar-refractivity contribution is -0.143. The van der Waals surface area contributed by atoms with Gasteiger partial charge in [0, 0.05) is 6.54 Å². The van der Waals surface area contributed by atoms with Crippen molar-refractivity contribution in [2.24, 2.45) is 5.92 Å². The molecular formula is C13H20N2O3. The van der Waals surface area contributed by atoms with Gasteiger partial charge in [-0.2, -0.15) is 0 Å². The van der Waals surface area contributed by atoms with Gasteiger partial charge in [0.2, 0.25) is 0 Å². The molecule has 0 spiro atoms. The Bertz CT molecular complexity index is 362. The number of carbonyl (C=O) groups excluding carboxylic acids is 1. The predicted molar refractivity (Wildman–Crippen MR) is 68.0 cm³/mol. The molecule has 1 aliphatic heterocycles. The Balaban J connectivity index is 2.70. The van der Waals surface area contributed by atoms with Crippen molar-refractivity contribution in [2.75, 3.05) is 6.54 Å². The van der Waals surface area contributed by atoms with Crippen molar-refractivity contribution in [2.45, 2.75) is 45.2 Å². The number of rotatable bonds is 3. The Hall–Kier alpha value is -1.70. The molecule has 100 valence electrons. The van der Waals surface area contributed by atoms with Gasteiger partial charge < -0.3 is 15.3 Å². The fourth-order valence-corrected chi connectivity index (χ4v) is 2.11. The van der Waals surface area contributed by atoms with E-state index in [2.05, 4.69) is 11.2 Å². The first-order valence-electron chi connectivity index (χ1n) is 6.25. The molecule has 5 heteroatoms. The van der Waals surface area contributed by atoms with Gasteiger partial charge >= 0.3 is 12.0 Å². The van der Waals surface area contributed by atoms with Gasteiger partial charge in [-0.3, -0.25) is 0 Å². The highest BCUT2D eigenvalue weighted by Gasteiger charge is 2.35. The van der Waals surface area contributed by atoms with Crippen LogP contribution in [0.15, 0.2) is 0 Å². The van der Waals surface area contributed by atoms with Gasteiger partial charge in [0.05, 0.1) is 6.04 Å². The fourth-order valence-electron chi connectivity index (χ4n) is 2.11. The maximum absolute atomic E-state index is 12.0. The van der Waals surface area contributed by atoms with Crippen molar-refractivity contribution >= 4 is 12.0 Å². The number of nitrogens with one attached hydrogen (secondary N) is 1. The second kappa shape index (κ2) is 6.29. The number of nitrogens with zero attached hydrogens (tertiary/aromatic N) is 1. The highest BCUT2D eigenvalue weighted by Crippen LogP contribution is 2.22. The van der Waals surface area contributed by atoms with Gasteiger partial charge in [0.15, 0.2) is 0 Å². The smallest absolute Gasteiger partial charge is 0.326 e. The first kappa shape index (κ1) is 14.4. The maximum Gasteiger partial charge on any atom is 0.326 e. The van der Waals surface area contributed by atoms with Gasteiger partial charge in [0.1, 0.15) is 6.04 Å². The van der Waals surface area contributed by atoms with Crippen molar-refractivity contribution in [3.8, 4) is 12.3 Å². The number of urea groups is 1. The van der Waals surface area contributed by atoms with E-state index in [-0.39, 0.29) is 12.1 Å². The molecule has 1 aliphatic rings. The summed E-state index contributed by atoms with van der Waals surface area (Å²) in [6.07, 6.45) is 7.23. The van der Waals surface area contributed by atoms with Crippen LogP contribution in [0.1, 0.15) is 33.1 Å². The molecule has 3 unspecified atom stereocenters. The molecule has 0 aromatic carbocycles. The second-order valence-electron chi connectivity index (χ2n) is 4.75. The largest absolute Gasteiger partial charge is 0.480 e. The molecule has 0 aromatic heterocycles. The average molecular weight is 252 g/mol. The van der Waals surface area contributed by atoms with Crippen molar-refractivity contribution < 1.29 is 14.7 Å². The summed E-state index contributed by atoms with van der Waals surface area (Å²) in [5, 5.41) is 11.8. The summed E-state index contributed by atoms with van der Waals surface area (Å²) in [7, 11) is 0. The van der Waals surface area contributed by atoms with E-state index in [1.165, 1.54) is 4.90 Å². The topological polar surface area (TPSA) is 69.6 Å². The fraction of sp³-hybridized carbons (Fsp3) is 0.692. The number of carboxylic acids is 1. The summed E-state index contributed by atoms with van der Waals surface area (Å²) in [5.41, 5.74) is 0. The summed E-state index contributed by atoms with van der Waals surface area (Å²) < 4.78 is 0. The van der Waals surface area contributed by atoms with Crippen molar-refractivity contribution in [3.05, 3.63) is 0 Å². The minimum absolute atomic E-state index is 0.324. The second-order valence-corrected chi connectivity index (χ2v) is 4.75.